The van der Waals surface area contributed by atoms with Crippen molar-refractivity contribution in [2.75, 3.05) is 6.54 Å². The van der Waals surface area contributed by atoms with E-state index in [1.54, 1.807) is 13.1 Å². The lowest BCUT2D eigenvalue weighted by atomic mass is 10.0. The molecule has 0 aromatic carbocycles. The summed E-state index contributed by atoms with van der Waals surface area (Å²) < 4.78 is 5.10. The molecule has 18 heavy (non-hydrogen) atoms. The van der Waals surface area contributed by atoms with Gasteiger partial charge in [0.1, 0.15) is 5.69 Å². The number of aryl methyl sites for hydroxylation is 1. The molecule has 0 aliphatic carbocycles. The van der Waals surface area contributed by atoms with Crippen LogP contribution in [0.2, 0.25) is 0 Å². The highest BCUT2D eigenvalue weighted by molar-refractivity contribution is 5.53. The average Bonchev–Trinajstić information content (AvgIpc) is 2.77. The van der Waals surface area contributed by atoms with Crippen molar-refractivity contribution in [1.82, 2.24) is 15.1 Å². The Bertz CT molecular complexity index is 536. The third kappa shape index (κ3) is 2.72. The minimum absolute atomic E-state index is 0.132. The lowest BCUT2D eigenvalue weighted by molar-refractivity contribution is 0.0610. The SMILES string of the molecule is Cc1cccnc1-c1noc(CC(C)(O)CN)n1. The molecule has 0 saturated carbocycles. The fourth-order valence-corrected chi connectivity index (χ4v) is 1.54. The minimum Gasteiger partial charge on any atom is -0.388 e. The molecule has 0 aliphatic heterocycles. The average molecular weight is 248 g/mol. The van der Waals surface area contributed by atoms with Crippen LogP contribution in [0.4, 0.5) is 0 Å². The monoisotopic (exact) mass is 248 g/mol. The Morgan fingerprint density at radius 1 is 1.50 bits per heavy atom. The fraction of sp³-hybridized carbons (Fsp3) is 0.417. The number of pyridine rings is 1. The molecule has 0 radical (unpaired) electrons. The quantitative estimate of drug-likeness (QED) is 0.826. The number of hydrogen-bond acceptors (Lipinski definition) is 6. The molecule has 2 rings (SSSR count). The molecule has 0 bridgehead atoms. The van der Waals surface area contributed by atoms with Crippen molar-refractivity contribution in [3.63, 3.8) is 0 Å². The van der Waals surface area contributed by atoms with E-state index in [-0.39, 0.29) is 13.0 Å². The molecule has 0 spiro atoms. The summed E-state index contributed by atoms with van der Waals surface area (Å²) in [4.78, 5) is 8.42. The predicted molar refractivity (Wildman–Crippen MR) is 65.6 cm³/mol. The molecule has 0 amide bonds. The normalized spacial score (nSPS) is 14.4. The summed E-state index contributed by atoms with van der Waals surface area (Å²) in [5.41, 5.74) is 6.05. The van der Waals surface area contributed by atoms with Crippen LogP contribution in [0.1, 0.15) is 18.4 Å². The summed E-state index contributed by atoms with van der Waals surface area (Å²) >= 11 is 0. The van der Waals surface area contributed by atoms with E-state index in [0.717, 1.165) is 5.56 Å². The molecule has 96 valence electrons. The number of aliphatic hydroxyl groups is 1. The first kappa shape index (κ1) is 12.7. The molecule has 0 saturated heterocycles. The van der Waals surface area contributed by atoms with Crippen LogP contribution in [0, 0.1) is 6.92 Å². The van der Waals surface area contributed by atoms with Gasteiger partial charge in [0.05, 0.1) is 12.0 Å². The highest BCUT2D eigenvalue weighted by atomic mass is 16.5. The second kappa shape index (κ2) is 4.83. The van der Waals surface area contributed by atoms with Crippen molar-refractivity contribution in [3.05, 3.63) is 29.8 Å². The number of rotatable bonds is 4. The van der Waals surface area contributed by atoms with Gasteiger partial charge in [0.15, 0.2) is 0 Å². The van der Waals surface area contributed by atoms with E-state index in [9.17, 15) is 5.11 Å². The molecule has 1 atom stereocenters. The van der Waals surface area contributed by atoms with Crippen molar-refractivity contribution in [2.45, 2.75) is 25.9 Å². The van der Waals surface area contributed by atoms with Crippen LogP contribution in [0.25, 0.3) is 11.5 Å². The van der Waals surface area contributed by atoms with Gasteiger partial charge in [0.25, 0.3) is 0 Å². The van der Waals surface area contributed by atoms with Gasteiger partial charge in [-0.15, -0.1) is 0 Å². The summed E-state index contributed by atoms with van der Waals surface area (Å²) in [6, 6.07) is 3.77. The number of aromatic nitrogens is 3. The predicted octanol–water partition coefficient (Wildman–Crippen LogP) is 0.692. The van der Waals surface area contributed by atoms with Crippen LogP contribution < -0.4 is 5.73 Å². The highest BCUT2D eigenvalue weighted by Gasteiger charge is 2.23. The second-order valence-electron chi connectivity index (χ2n) is 4.56. The highest BCUT2D eigenvalue weighted by Crippen LogP contribution is 2.18. The molecule has 0 fully saturated rings. The van der Waals surface area contributed by atoms with Crippen LogP contribution in [-0.2, 0) is 6.42 Å². The standard InChI is InChI=1S/C12H16N4O2/c1-8-4-3-5-14-10(8)11-15-9(18-16-11)6-12(2,17)7-13/h3-5,17H,6-7,13H2,1-2H3. The lowest BCUT2D eigenvalue weighted by Crippen LogP contribution is -2.36. The third-order valence-electron chi connectivity index (χ3n) is 2.66. The molecule has 6 heteroatoms. The van der Waals surface area contributed by atoms with E-state index in [0.29, 0.717) is 17.4 Å². The Labute approximate surface area is 105 Å². The van der Waals surface area contributed by atoms with E-state index in [2.05, 4.69) is 15.1 Å². The number of nitrogens with two attached hydrogens (primary N) is 1. The Balaban J connectivity index is 2.24. The topological polar surface area (TPSA) is 98.1 Å². The van der Waals surface area contributed by atoms with Crippen molar-refractivity contribution >= 4 is 0 Å². The van der Waals surface area contributed by atoms with E-state index in [1.165, 1.54) is 0 Å². The Morgan fingerprint density at radius 3 is 2.94 bits per heavy atom. The van der Waals surface area contributed by atoms with Gasteiger partial charge in [-0.2, -0.15) is 4.98 Å². The first-order valence-corrected chi connectivity index (χ1v) is 5.69. The van der Waals surface area contributed by atoms with Crippen molar-refractivity contribution < 1.29 is 9.63 Å². The van der Waals surface area contributed by atoms with Crippen molar-refractivity contribution in [2.24, 2.45) is 5.73 Å². The van der Waals surface area contributed by atoms with Crippen LogP contribution >= 0.6 is 0 Å². The molecule has 3 N–H and O–H groups in total. The van der Waals surface area contributed by atoms with Gasteiger partial charge in [-0.25, -0.2) is 0 Å². The van der Waals surface area contributed by atoms with E-state index in [1.807, 2.05) is 19.1 Å². The first-order chi connectivity index (χ1) is 8.52. The van der Waals surface area contributed by atoms with E-state index < -0.39 is 5.60 Å². The molecular formula is C12H16N4O2. The third-order valence-corrected chi connectivity index (χ3v) is 2.66. The Kier molecular flexibility index (Phi) is 3.40. The second-order valence-corrected chi connectivity index (χ2v) is 4.56. The summed E-state index contributed by atoms with van der Waals surface area (Å²) in [5, 5.41) is 13.7. The van der Waals surface area contributed by atoms with Crippen molar-refractivity contribution in [3.8, 4) is 11.5 Å². The maximum absolute atomic E-state index is 9.84. The van der Waals surface area contributed by atoms with Gasteiger partial charge in [0, 0.05) is 12.7 Å². The largest absolute Gasteiger partial charge is 0.388 e. The van der Waals surface area contributed by atoms with Gasteiger partial charge in [-0.05, 0) is 25.5 Å². The summed E-state index contributed by atoms with van der Waals surface area (Å²) in [7, 11) is 0. The molecule has 0 aliphatic rings. The maximum atomic E-state index is 9.84. The van der Waals surface area contributed by atoms with Gasteiger partial charge in [0.2, 0.25) is 11.7 Å². The molecule has 6 nitrogen and oxygen atoms in total. The van der Waals surface area contributed by atoms with Gasteiger partial charge in [-0.1, -0.05) is 11.2 Å². The van der Waals surface area contributed by atoms with Crippen LogP contribution in [0.15, 0.2) is 22.9 Å². The fourth-order valence-electron chi connectivity index (χ4n) is 1.54. The smallest absolute Gasteiger partial charge is 0.229 e. The Morgan fingerprint density at radius 2 is 2.28 bits per heavy atom. The summed E-state index contributed by atoms with van der Waals surface area (Å²) in [6.07, 6.45) is 1.90. The van der Waals surface area contributed by atoms with Gasteiger partial charge < -0.3 is 15.4 Å². The maximum Gasteiger partial charge on any atom is 0.229 e. The zero-order valence-electron chi connectivity index (χ0n) is 10.4. The van der Waals surface area contributed by atoms with Crippen LogP contribution in [-0.4, -0.2) is 32.4 Å². The molecule has 2 aromatic rings. The number of hydrogen-bond donors (Lipinski definition) is 2. The summed E-state index contributed by atoms with van der Waals surface area (Å²) in [5.74, 6) is 0.779. The molecule has 2 heterocycles. The molecule has 2 aromatic heterocycles. The number of nitrogens with zero attached hydrogens (tertiary/aromatic N) is 3. The van der Waals surface area contributed by atoms with E-state index >= 15 is 0 Å². The van der Waals surface area contributed by atoms with Gasteiger partial charge >= 0.3 is 0 Å². The van der Waals surface area contributed by atoms with Crippen LogP contribution in [0.5, 0.6) is 0 Å². The van der Waals surface area contributed by atoms with Crippen LogP contribution in [0.3, 0.4) is 0 Å². The van der Waals surface area contributed by atoms with Crippen molar-refractivity contribution in [1.29, 1.82) is 0 Å². The minimum atomic E-state index is -1.04. The Hall–Kier alpha value is -1.79. The van der Waals surface area contributed by atoms with Gasteiger partial charge in [-0.3, -0.25) is 4.98 Å². The van der Waals surface area contributed by atoms with E-state index in [4.69, 9.17) is 10.3 Å². The zero-order chi connectivity index (χ0) is 13.2. The lowest BCUT2D eigenvalue weighted by Gasteiger charge is -2.17. The molecular weight excluding hydrogens is 232 g/mol. The first-order valence-electron chi connectivity index (χ1n) is 5.69. The molecule has 1 unspecified atom stereocenters. The zero-order valence-corrected chi connectivity index (χ0v) is 10.4. The summed E-state index contributed by atoms with van der Waals surface area (Å²) in [6.45, 7) is 3.69.